The lowest BCUT2D eigenvalue weighted by Crippen LogP contribution is -2.36. The Morgan fingerprint density at radius 3 is 2.50 bits per heavy atom. The molecule has 0 aliphatic carbocycles. The van der Waals surface area contributed by atoms with E-state index < -0.39 is 6.61 Å². The minimum absolute atomic E-state index is 0.00447. The molecule has 0 spiro atoms. The zero-order valence-electron chi connectivity index (χ0n) is 12.1. The van der Waals surface area contributed by atoms with Gasteiger partial charge in [0.15, 0.2) is 0 Å². The van der Waals surface area contributed by atoms with E-state index in [1.807, 2.05) is 13.0 Å². The first-order chi connectivity index (χ1) is 9.43. The number of alkyl halides is 2. The summed E-state index contributed by atoms with van der Waals surface area (Å²) in [7, 11) is 0. The first kappa shape index (κ1) is 16.9. The van der Waals surface area contributed by atoms with Crippen molar-refractivity contribution in [1.29, 1.82) is 0 Å². The van der Waals surface area contributed by atoms with Crippen molar-refractivity contribution in [1.82, 2.24) is 5.32 Å². The Balaban J connectivity index is 2.73. The van der Waals surface area contributed by atoms with Gasteiger partial charge in [-0.1, -0.05) is 26.0 Å². The quantitative estimate of drug-likeness (QED) is 0.770. The molecule has 1 rings (SSSR count). The number of aliphatic hydroxyl groups excluding tert-OH is 1. The summed E-state index contributed by atoms with van der Waals surface area (Å²) in [5.74, 6) is 0.541. The van der Waals surface area contributed by atoms with Crippen molar-refractivity contribution in [3.8, 4) is 5.75 Å². The van der Waals surface area contributed by atoms with Crippen LogP contribution in [0.5, 0.6) is 5.75 Å². The highest BCUT2D eigenvalue weighted by Crippen LogP contribution is 2.22. The lowest BCUT2D eigenvalue weighted by molar-refractivity contribution is -0.0499. The number of halogens is 2. The van der Waals surface area contributed by atoms with Gasteiger partial charge in [0.2, 0.25) is 0 Å². The summed E-state index contributed by atoms with van der Waals surface area (Å²) >= 11 is 0. The van der Waals surface area contributed by atoms with Gasteiger partial charge >= 0.3 is 6.61 Å². The third kappa shape index (κ3) is 5.43. The van der Waals surface area contributed by atoms with Crippen molar-refractivity contribution in [3.63, 3.8) is 0 Å². The van der Waals surface area contributed by atoms with Crippen molar-refractivity contribution in [3.05, 3.63) is 29.8 Å². The maximum Gasteiger partial charge on any atom is 0.387 e. The molecule has 0 aromatic heterocycles. The summed E-state index contributed by atoms with van der Waals surface area (Å²) in [4.78, 5) is 0. The summed E-state index contributed by atoms with van der Waals surface area (Å²) in [6.07, 6.45) is 0.662. The summed E-state index contributed by atoms with van der Waals surface area (Å²) < 4.78 is 28.8. The number of nitrogens with one attached hydrogen (secondary N) is 1. The van der Waals surface area contributed by atoms with Gasteiger partial charge < -0.3 is 15.2 Å². The Hall–Kier alpha value is -1.20. The van der Waals surface area contributed by atoms with Crippen LogP contribution in [-0.2, 0) is 0 Å². The molecule has 2 atom stereocenters. The van der Waals surface area contributed by atoms with E-state index in [1.54, 1.807) is 12.1 Å². The van der Waals surface area contributed by atoms with Gasteiger partial charge in [0.25, 0.3) is 0 Å². The van der Waals surface area contributed by atoms with Crippen LogP contribution in [0.1, 0.15) is 38.8 Å². The van der Waals surface area contributed by atoms with E-state index in [2.05, 4.69) is 23.9 Å². The molecule has 0 fully saturated rings. The molecule has 0 aliphatic heterocycles. The summed E-state index contributed by atoms with van der Waals surface area (Å²) in [5, 5.41) is 12.5. The number of rotatable bonds is 8. The highest BCUT2D eigenvalue weighted by Gasteiger charge is 2.17. The SMILES string of the molecule is CC(NC(CCO)C(C)C)c1cccc(OC(F)F)c1. The molecule has 0 saturated heterocycles. The standard InChI is InChI=1S/C15H23F2NO2/c1-10(2)14(7-8-19)18-11(3)12-5-4-6-13(9-12)20-15(16)17/h4-6,9-11,14-15,18-19H,7-8H2,1-3H3. The molecule has 0 heterocycles. The van der Waals surface area contributed by atoms with Crippen molar-refractivity contribution in [2.75, 3.05) is 6.61 Å². The largest absolute Gasteiger partial charge is 0.435 e. The molecule has 3 nitrogen and oxygen atoms in total. The van der Waals surface area contributed by atoms with Gasteiger partial charge in [-0.3, -0.25) is 0 Å². The fourth-order valence-corrected chi connectivity index (χ4v) is 2.13. The van der Waals surface area contributed by atoms with Gasteiger partial charge in [-0.2, -0.15) is 8.78 Å². The highest BCUT2D eigenvalue weighted by atomic mass is 19.3. The first-order valence-corrected chi connectivity index (χ1v) is 6.85. The van der Waals surface area contributed by atoms with E-state index in [0.29, 0.717) is 12.3 Å². The topological polar surface area (TPSA) is 41.5 Å². The van der Waals surface area contributed by atoms with Crippen LogP contribution in [-0.4, -0.2) is 24.4 Å². The minimum atomic E-state index is -2.81. The molecule has 0 radical (unpaired) electrons. The van der Waals surface area contributed by atoms with Crippen LogP contribution in [0.3, 0.4) is 0 Å². The second kappa shape index (κ2) is 8.17. The summed E-state index contributed by atoms with van der Waals surface area (Å²) in [6, 6.07) is 6.86. The van der Waals surface area contributed by atoms with E-state index >= 15 is 0 Å². The van der Waals surface area contributed by atoms with Crippen molar-refractivity contribution in [2.45, 2.75) is 45.9 Å². The van der Waals surface area contributed by atoms with Gasteiger partial charge in [0.1, 0.15) is 5.75 Å². The average molecular weight is 287 g/mol. The molecule has 1 aromatic carbocycles. The van der Waals surface area contributed by atoms with Crippen molar-refractivity contribution >= 4 is 0 Å². The van der Waals surface area contributed by atoms with E-state index in [4.69, 9.17) is 5.11 Å². The van der Waals surface area contributed by atoms with Crippen LogP contribution < -0.4 is 10.1 Å². The Labute approximate surface area is 119 Å². The Bertz CT molecular complexity index is 399. The third-order valence-electron chi connectivity index (χ3n) is 3.29. The zero-order chi connectivity index (χ0) is 15.1. The Morgan fingerprint density at radius 1 is 1.25 bits per heavy atom. The van der Waals surface area contributed by atoms with Crippen LogP contribution in [0.4, 0.5) is 8.78 Å². The van der Waals surface area contributed by atoms with E-state index in [-0.39, 0.29) is 24.4 Å². The van der Waals surface area contributed by atoms with Crippen molar-refractivity contribution < 1.29 is 18.6 Å². The third-order valence-corrected chi connectivity index (χ3v) is 3.29. The second-order valence-corrected chi connectivity index (χ2v) is 5.20. The van der Waals surface area contributed by atoms with Crippen LogP contribution in [0, 0.1) is 5.92 Å². The number of aliphatic hydroxyl groups is 1. The Morgan fingerprint density at radius 2 is 1.95 bits per heavy atom. The minimum Gasteiger partial charge on any atom is -0.435 e. The molecule has 0 saturated carbocycles. The van der Waals surface area contributed by atoms with Crippen LogP contribution >= 0.6 is 0 Å². The van der Waals surface area contributed by atoms with E-state index in [1.165, 1.54) is 6.07 Å². The molecule has 5 heteroatoms. The number of ether oxygens (including phenoxy) is 1. The molecule has 20 heavy (non-hydrogen) atoms. The van der Waals surface area contributed by atoms with Gasteiger partial charge in [-0.05, 0) is 37.0 Å². The summed E-state index contributed by atoms with van der Waals surface area (Å²) in [6.45, 7) is 3.43. The molecule has 1 aromatic rings. The van der Waals surface area contributed by atoms with Crippen LogP contribution in [0.25, 0.3) is 0 Å². The van der Waals surface area contributed by atoms with Gasteiger partial charge in [-0.25, -0.2) is 0 Å². The summed E-state index contributed by atoms with van der Waals surface area (Å²) in [5.41, 5.74) is 0.881. The predicted octanol–water partition coefficient (Wildman–Crippen LogP) is 3.35. The maximum atomic E-state index is 12.2. The van der Waals surface area contributed by atoms with Crippen LogP contribution in [0.15, 0.2) is 24.3 Å². The van der Waals surface area contributed by atoms with Crippen molar-refractivity contribution in [2.24, 2.45) is 5.92 Å². The van der Waals surface area contributed by atoms with Crippen LogP contribution in [0.2, 0.25) is 0 Å². The lowest BCUT2D eigenvalue weighted by atomic mass is 9.98. The highest BCUT2D eigenvalue weighted by molar-refractivity contribution is 5.30. The zero-order valence-corrected chi connectivity index (χ0v) is 12.1. The molecular weight excluding hydrogens is 264 g/mol. The monoisotopic (exact) mass is 287 g/mol. The molecular formula is C15H23F2NO2. The average Bonchev–Trinajstić information content (AvgIpc) is 2.37. The normalized spacial score (nSPS) is 14.6. The predicted molar refractivity (Wildman–Crippen MR) is 75.0 cm³/mol. The van der Waals surface area contributed by atoms with Gasteiger partial charge in [0.05, 0.1) is 0 Å². The first-order valence-electron chi connectivity index (χ1n) is 6.85. The molecule has 0 amide bonds. The molecule has 114 valence electrons. The van der Waals surface area contributed by atoms with E-state index in [0.717, 1.165) is 5.56 Å². The number of benzene rings is 1. The molecule has 2 unspecified atom stereocenters. The van der Waals surface area contributed by atoms with E-state index in [9.17, 15) is 8.78 Å². The second-order valence-electron chi connectivity index (χ2n) is 5.20. The lowest BCUT2D eigenvalue weighted by Gasteiger charge is -2.26. The molecule has 2 N–H and O–H groups in total. The number of hydrogen-bond donors (Lipinski definition) is 2. The van der Waals surface area contributed by atoms with Gasteiger partial charge in [-0.15, -0.1) is 0 Å². The van der Waals surface area contributed by atoms with Gasteiger partial charge in [0, 0.05) is 18.7 Å². The number of hydrogen-bond acceptors (Lipinski definition) is 3. The molecule has 0 bridgehead atoms. The fourth-order valence-electron chi connectivity index (χ4n) is 2.13. The Kier molecular flexibility index (Phi) is 6.88. The smallest absolute Gasteiger partial charge is 0.387 e. The maximum absolute atomic E-state index is 12.2. The fraction of sp³-hybridized carbons (Fsp3) is 0.600. The molecule has 0 aliphatic rings.